The first-order valence-corrected chi connectivity index (χ1v) is 6.61. The monoisotopic (exact) mass is 221 g/mol. The van der Waals surface area contributed by atoms with Crippen LogP contribution in [0.2, 0.25) is 0 Å². The summed E-state index contributed by atoms with van der Waals surface area (Å²) in [5.41, 5.74) is 0. The molecule has 0 aliphatic heterocycles. The Balaban J connectivity index is 2.41. The first-order valence-electron chi connectivity index (χ1n) is 5.20. The second-order valence-corrected chi connectivity index (χ2v) is 5.42. The number of hydrogen-bond acceptors (Lipinski definition) is 3. The van der Waals surface area contributed by atoms with E-state index in [1.54, 1.807) is 13.8 Å². The van der Waals surface area contributed by atoms with E-state index >= 15 is 0 Å². The van der Waals surface area contributed by atoms with Crippen LogP contribution in [0.25, 0.3) is 0 Å². The summed E-state index contributed by atoms with van der Waals surface area (Å²) in [6, 6.07) is -0.108. The molecule has 0 radical (unpaired) electrons. The van der Waals surface area contributed by atoms with Crippen molar-refractivity contribution in [3.63, 3.8) is 0 Å². The van der Waals surface area contributed by atoms with E-state index in [0.29, 0.717) is 0 Å². The molecule has 0 aromatic heterocycles. The molecule has 1 fully saturated rings. The molecule has 0 unspecified atom stereocenters. The van der Waals surface area contributed by atoms with Crippen molar-refractivity contribution in [1.29, 1.82) is 0 Å². The topological polar surface area (TPSA) is 55.4 Å². The summed E-state index contributed by atoms with van der Waals surface area (Å²) in [5.74, 6) is 0. The number of hydrogen-bond donors (Lipinski definition) is 1. The fourth-order valence-corrected chi connectivity index (χ4v) is 2.84. The molecule has 0 amide bonds. The van der Waals surface area contributed by atoms with E-state index in [1.807, 2.05) is 0 Å². The summed E-state index contributed by atoms with van der Waals surface area (Å²) in [5, 5.41) is 0. The first-order chi connectivity index (χ1) is 6.49. The van der Waals surface area contributed by atoms with Crippen molar-refractivity contribution in [3.05, 3.63) is 0 Å². The third-order valence-corrected chi connectivity index (χ3v) is 3.48. The highest BCUT2D eigenvalue weighted by Crippen LogP contribution is 2.21. The van der Waals surface area contributed by atoms with Crippen LogP contribution in [-0.4, -0.2) is 20.6 Å². The minimum Gasteiger partial charge on any atom is -0.255 e. The normalized spacial score (nSPS) is 20.2. The van der Waals surface area contributed by atoms with Gasteiger partial charge in [0.05, 0.1) is 6.10 Å². The van der Waals surface area contributed by atoms with Crippen LogP contribution in [0.3, 0.4) is 0 Å². The molecule has 0 heterocycles. The van der Waals surface area contributed by atoms with E-state index in [2.05, 4.69) is 4.72 Å². The van der Waals surface area contributed by atoms with Gasteiger partial charge in [-0.15, -0.1) is 0 Å². The van der Waals surface area contributed by atoms with Crippen molar-refractivity contribution >= 4 is 10.3 Å². The van der Waals surface area contributed by atoms with Gasteiger partial charge in [0, 0.05) is 6.04 Å². The van der Waals surface area contributed by atoms with Gasteiger partial charge in [-0.25, -0.2) is 0 Å². The van der Waals surface area contributed by atoms with Crippen LogP contribution >= 0.6 is 0 Å². The predicted molar refractivity (Wildman–Crippen MR) is 55.1 cm³/mol. The van der Waals surface area contributed by atoms with Gasteiger partial charge in [0.1, 0.15) is 0 Å². The van der Waals surface area contributed by atoms with Crippen molar-refractivity contribution in [2.24, 2.45) is 0 Å². The van der Waals surface area contributed by atoms with E-state index in [4.69, 9.17) is 4.18 Å². The molecule has 1 aliphatic carbocycles. The molecule has 1 aliphatic rings. The Morgan fingerprint density at radius 1 is 1.21 bits per heavy atom. The van der Waals surface area contributed by atoms with Crippen LogP contribution in [0.15, 0.2) is 0 Å². The largest absolute Gasteiger partial charge is 0.336 e. The van der Waals surface area contributed by atoms with E-state index in [9.17, 15) is 8.42 Å². The smallest absolute Gasteiger partial charge is 0.255 e. The van der Waals surface area contributed by atoms with E-state index < -0.39 is 10.3 Å². The Hall–Kier alpha value is -0.130. The van der Waals surface area contributed by atoms with Crippen LogP contribution in [0.4, 0.5) is 0 Å². The van der Waals surface area contributed by atoms with E-state index in [0.717, 1.165) is 25.7 Å². The van der Waals surface area contributed by atoms with Gasteiger partial charge in [-0.1, -0.05) is 19.3 Å². The lowest BCUT2D eigenvalue weighted by atomic mass is 9.98. The lowest BCUT2D eigenvalue weighted by Gasteiger charge is -2.22. The molecule has 0 bridgehead atoms. The standard InChI is InChI=1S/C9H19NO3S/c1-8(2)10-14(11,12)13-9-6-4-3-5-7-9/h8-10H,3-7H2,1-2H3. The van der Waals surface area contributed by atoms with Crippen LogP contribution in [0, 0.1) is 0 Å². The summed E-state index contributed by atoms with van der Waals surface area (Å²) in [6.07, 6.45) is 4.94. The Labute approximate surface area is 86.3 Å². The maximum atomic E-state index is 11.4. The molecule has 84 valence electrons. The van der Waals surface area contributed by atoms with Crippen LogP contribution in [0.5, 0.6) is 0 Å². The lowest BCUT2D eigenvalue weighted by molar-refractivity contribution is 0.158. The van der Waals surface area contributed by atoms with Gasteiger partial charge in [0.25, 0.3) is 0 Å². The highest BCUT2D eigenvalue weighted by molar-refractivity contribution is 7.84. The van der Waals surface area contributed by atoms with Gasteiger partial charge in [0.15, 0.2) is 0 Å². The molecule has 0 aromatic rings. The summed E-state index contributed by atoms with van der Waals surface area (Å²) in [4.78, 5) is 0. The summed E-state index contributed by atoms with van der Waals surface area (Å²) < 4.78 is 30.2. The zero-order valence-corrected chi connectivity index (χ0v) is 9.64. The molecule has 5 heteroatoms. The maximum absolute atomic E-state index is 11.4. The van der Waals surface area contributed by atoms with Gasteiger partial charge in [0.2, 0.25) is 0 Å². The molecule has 0 spiro atoms. The van der Waals surface area contributed by atoms with Crippen molar-refractivity contribution in [1.82, 2.24) is 4.72 Å². The molecule has 1 saturated carbocycles. The summed E-state index contributed by atoms with van der Waals surface area (Å²) >= 11 is 0. The molecule has 0 saturated heterocycles. The fourth-order valence-electron chi connectivity index (χ4n) is 1.66. The quantitative estimate of drug-likeness (QED) is 0.784. The van der Waals surface area contributed by atoms with Gasteiger partial charge in [-0.05, 0) is 26.7 Å². The van der Waals surface area contributed by atoms with Crippen LogP contribution < -0.4 is 4.72 Å². The van der Waals surface area contributed by atoms with Crippen molar-refractivity contribution in [2.75, 3.05) is 0 Å². The van der Waals surface area contributed by atoms with Gasteiger partial charge in [-0.2, -0.15) is 13.1 Å². The van der Waals surface area contributed by atoms with Crippen molar-refractivity contribution in [3.8, 4) is 0 Å². The van der Waals surface area contributed by atoms with Gasteiger partial charge in [-0.3, -0.25) is 4.18 Å². The Kier molecular flexibility index (Phi) is 4.34. The second-order valence-electron chi connectivity index (χ2n) is 4.08. The zero-order valence-electron chi connectivity index (χ0n) is 8.82. The Morgan fingerprint density at radius 2 is 1.79 bits per heavy atom. The molecule has 4 nitrogen and oxygen atoms in total. The minimum absolute atomic E-state index is 0.108. The van der Waals surface area contributed by atoms with Crippen LogP contribution in [0.1, 0.15) is 46.0 Å². The molecule has 0 aromatic carbocycles. The zero-order chi connectivity index (χ0) is 10.6. The number of nitrogens with one attached hydrogen (secondary N) is 1. The third kappa shape index (κ3) is 4.39. The summed E-state index contributed by atoms with van der Waals surface area (Å²) in [6.45, 7) is 3.56. The first kappa shape index (κ1) is 11.9. The van der Waals surface area contributed by atoms with Crippen molar-refractivity contribution < 1.29 is 12.6 Å². The fraction of sp³-hybridized carbons (Fsp3) is 1.00. The minimum atomic E-state index is -3.53. The van der Waals surface area contributed by atoms with Crippen molar-refractivity contribution in [2.45, 2.75) is 58.1 Å². The van der Waals surface area contributed by atoms with Gasteiger partial charge >= 0.3 is 10.3 Å². The third-order valence-electron chi connectivity index (χ3n) is 2.20. The number of rotatable bonds is 4. The SMILES string of the molecule is CC(C)NS(=O)(=O)OC1CCCCC1. The van der Waals surface area contributed by atoms with E-state index in [1.165, 1.54) is 6.42 Å². The highest BCUT2D eigenvalue weighted by atomic mass is 32.2. The lowest BCUT2D eigenvalue weighted by Crippen LogP contribution is -2.35. The molecular formula is C9H19NO3S. The van der Waals surface area contributed by atoms with E-state index in [-0.39, 0.29) is 12.1 Å². The molecule has 1 N–H and O–H groups in total. The maximum Gasteiger partial charge on any atom is 0.336 e. The Morgan fingerprint density at radius 3 is 2.29 bits per heavy atom. The summed E-state index contributed by atoms with van der Waals surface area (Å²) in [7, 11) is -3.53. The molecular weight excluding hydrogens is 202 g/mol. The van der Waals surface area contributed by atoms with Gasteiger partial charge < -0.3 is 0 Å². The molecule has 1 rings (SSSR count). The van der Waals surface area contributed by atoms with Crippen LogP contribution in [-0.2, 0) is 14.5 Å². The molecule has 0 atom stereocenters. The average molecular weight is 221 g/mol. The second kappa shape index (κ2) is 5.09. The predicted octanol–water partition coefficient (Wildman–Crippen LogP) is 1.58. The average Bonchev–Trinajstić information content (AvgIpc) is 2.02. The highest BCUT2D eigenvalue weighted by Gasteiger charge is 2.21. The molecule has 14 heavy (non-hydrogen) atoms. The Bertz CT molecular complexity index is 255.